The third-order valence-electron chi connectivity index (χ3n) is 2.23. The molecule has 0 bridgehead atoms. The zero-order chi connectivity index (χ0) is 45.3. The molecule has 0 atom stereocenters. The van der Waals surface area contributed by atoms with Gasteiger partial charge in [0.05, 0.1) is 0 Å². The van der Waals surface area contributed by atoms with Crippen LogP contribution >= 0.6 is 734 Å². The molecule has 0 aliphatic heterocycles. The van der Waals surface area contributed by atoms with E-state index in [1.165, 1.54) is 0 Å². The molecule has 0 aliphatic carbocycles. The summed E-state index contributed by atoms with van der Waals surface area (Å²) >= 11 is 93.5. The second kappa shape index (κ2) is 59.0. The Morgan fingerprint density at radius 2 is 0.281 bits per heavy atom. The van der Waals surface area contributed by atoms with Crippen molar-refractivity contribution >= 4 is 734 Å². The SMILES string of the molecule is C[I-]I(I)I(I)I(I)I(I)I(I)I(I)I(I)I(I)I(I)I(I)I(I)I(I)I(I)I(I)I(I)I(I)I(I)I(I)I(I)I(I)I(I)I(I)I(I)I(I)I(I)I(I)I(I)I. The molecular weight excluding hydrogens is 7120 g/mol. The first-order valence-electron chi connectivity index (χ1n) is 8.24. The zero-order valence-corrected chi connectivity index (χ0v) is 143. The summed E-state index contributed by atoms with van der Waals surface area (Å²) in [5.41, 5.74) is 0. The summed E-state index contributed by atoms with van der Waals surface area (Å²) in [4.78, 5) is 2.67. The minimum atomic E-state index is -0.594. The predicted octanol–water partition coefficient (Wildman–Crippen LogP) is 45.9. The number of hydrogen-bond donors (Lipinski definition) is 0. The van der Waals surface area contributed by atoms with Gasteiger partial charge in [0.2, 0.25) is 0 Å². The Labute approximate surface area is 711 Å². The Bertz CT molecular complexity index is 1050. The number of alkyl halides is 1. The average molecular weight is 7120 g/mol. The average Bonchev–Trinajstić information content (AvgIpc) is 3.21. The number of rotatable bonds is 27. The normalized spacial score (nSPS) is 18.9. The molecule has 0 saturated heterocycles. The second-order valence-electron chi connectivity index (χ2n) is 4.52. The molecule has 0 aromatic rings. The van der Waals surface area contributed by atoms with Gasteiger partial charge in [0.1, 0.15) is 0 Å². The Balaban J connectivity index is 5.64. The summed E-state index contributed by atoms with van der Waals surface area (Å²) in [5, 5.41) is 0. The molecule has 0 N–H and O–H groups in total. The van der Waals surface area contributed by atoms with Crippen molar-refractivity contribution in [1.29, 1.82) is 0 Å². The van der Waals surface area contributed by atoms with Gasteiger partial charge in [-0.2, -0.15) is 0 Å². The van der Waals surface area contributed by atoms with Gasteiger partial charge >= 0.3 is 757 Å². The Kier molecular flexibility index (Phi) is 101. The molecule has 56 heteroatoms. The summed E-state index contributed by atoms with van der Waals surface area (Å²) in [7, 11) is -14.6. The van der Waals surface area contributed by atoms with E-state index in [9.17, 15) is 0 Å². The molecule has 0 unspecified atom stereocenters. The topological polar surface area (TPSA) is 0 Å². The van der Waals surface area contributed by atoms with E-state index in [-0.39, 0.29) is 7.89 Å². The summed E-state index contributed by atoms with van der Waals surface area (Å²) in [6.45, 7) is 0. The molecular formula is CH3I56-. The maximum absolute atomic E-state index is 3.41. The van der Waals surface area contributed by atoms with Crippen molar-refractivity contribution in [2.24, 2.45) is 0 Å². The Morgan fingerprint density at radius 1 is 0.175 bits per heavy atom. The zero-order valence-electron chi connectivity index (χ0n) is 22.2. The van der Waals surface area contributed by atoms with E-state index < -0.39 is 205 Å². The molecule has 0 aromatic heterocycles. The Hall–Kier alpha value is 40.9. The van der Waals surface area contributed by atoms with Gasteiger partial charge in [0.15, 0.2) is 0 Å². The first kappa shape index (κ1) is 97.9. The van der Waals surface area contributed by atoms with Crippen LogP contribution in [-0.2, 0) is 0 Å². The molecule has 0 amide bonds. The van der Waals surface area contributed by atoms with Gasteiger partial charge in [0, 0.05) is 0 Å². The van der Waals surface area contributed by atoms with E-state index in [1.807, 2.05) is 0 Å². The van der Waals surface area contributed by atoms with Crippen molar-refractivity contribution in [3.63, 3.8) is 0 Å². The molecule has 57 heavy (non-hydrogen) atoms. The monoisotopic (exact) mass is 7120 g/mol. The maximum atomic E-state index is 3.41. The van der Waals surface area contributed by atoms with Crippen LogP contribution < -0.4 is 17.2 Å². The van der Waals surface area contributed by atoms with E-state index in [2.05, 4.69) is 526 Å². The fraction of sp³-hybridized carbons (Fsp3) is 1.00. The summed E-state index contributed by atoms with van der Waals surface area (Å²) in [6, 6.07) is 0. The molecule has 0 spiro atoms. The molecule has 0 radical (unpaired) electrons. The van der Waals surface area contributed by atoms with Crippen LogP contribution in [0, 0.1) is 0 Å². The Morgan fingerprint density at radius 3 is 0.386 bits per heavy atom. The van der Waals surface area contributed by atoms with Crippen LogP contribution in [0.2, 0.25) is 0 Å². The van der Waals surface area contributed by atoms with Crippen LogP contribution in [0.5, 0.6) is 0 Å². The molecule has 0 heterocycles. The summed E-state index contributed by atoms with van der Waals surface area (Å²) in [5.74, 6) is 0. The van der Waals surface area contributed by atoms with E-state index in [0.717, 1.165) is 0 Å². The van der Waals surface area contributed by atoms with Crippen molar-refractivity contribution in [2.45, 2.75) is 0 Å². The third kappa shape index (κ3) is 40.4. The first-order valence-corrected chi connectivity index (χ1v) is 356. The standard InChI is InChI=1S/CH3I56/c1-30-32(4)34(6)36(8)38(10)40(12)42(14)44(16)46(18)48(20)50(22)52(24)54(26)56(28)57(29)55(27)53(25)51(23)49(21)47(19)45(17)43(15)41(13)39(11)37(9)35(7)33(5)31(2)3/h1H3/q-1. The predicted molar refractivity (Wildman–Crippen MR) is 777 cm³/mol. The third-order valence-corrected chi connectivity index (χ3v) is 4330. The molecule has 0 fully saturated rings. The summed E-state index contributed by atoms with van der Waals surface area (Å²) in [6.07, 6.45) is 0. The van der Waals surface area contributed by atoms with Crippen LogP contribution in [0.15, 0.2) is 0 Å². The van der Waals surface area contributed by atoms with Crippen LogP contribution in [0.25, 0.3) is 0 Å². The van der Waals surface area contributed by atoms with Gasteiger partial charge in [-0.3, -0.25) is 0 Å². The first-order chi connectivity index (χ1) is 25.9. The van der Waals surface area contributed by atoms with E-state index in [4.69, 9.17) is 0 Å². The van der Waals surface area contributed by atoms with Gasteiger partial charge in [0.25, 0.3) is 0 Å². The fourth-order valence-corrected chi connectivity index (χ4v) is 10600. The van der Waals surface area contributed by atoms with E-state index >= 15 is 0 Å². The summed E-state index contributed by atoms with van der Waals surface area (Å²) < 4.78 is 0. The van der Waals surface area contributed by atoms with Crippen LogP contribution in [0.4, 0.5) is 0 Å². The molecule has 0 aliphatic rings. The number of hydrogen-bond acceptors (Lipinski definition) is 0. The van der Waals surface area contributed by atoms with Crippen molar-refractivity contribution < 1.29 is 17.2 Å². The van der Waals surface area contributed by atoms with Gasteiger partial charge in [-0.15, -0.1) is 0 Å². The molecule has 0 nitrogen and oxygen atoms in total. The van der Waals surface area contributed by atoms with E-state index in [0.29, 0.717) is 17.2 Å². The van der Waals surface area contributed by atoms with E-state index in [1.54, 1.807) is 0 Å². The fourth-order valence-electron chi connectivity index (χ4n) is 0.812. The van der Waals surface area contributed by atoms with Crippen molar-refractivity contribution in [1.82, 2.24) is 0 Å². The quantitative estimate of drug-likeness (QED) is 0.0568. The molecule has 0 rings (SSSR count). The number of halogens is 56. The second-order valence-corrected chi connectivity index (χ2v) is 1330. The van der Waals surface area contributed by atoms with Crippen LogP contribution in [-0.4, -0.2) is 4.93 Å². The van der Waals surface area contributed by atoms with Crippen molar-refractivity contribution in [3.8, 4) is 0 Å². The van der Waals surface area contributed by atoms with Crippen molar-refractivity contribution in [2.75, 3.05) is 4.93 Å². The van der Waals surface area contributed by atoms with Crippen molar-refractivity contribution in [3.05, 3.63) is 0 Å². The molecule has 0 saturated carbocycles. The van der Waals surface area contributed by atoms with Gasteiger partial charge in [-0.25, -0.2) is 0 Å². The minimum absolute atomic E-state index is 0.389. The molecule has 400 valence electrons. The van der Waals surface area contributed by atoms with Crippen LogP contribution in [0.1, 0.15) is 0 Å². The van der Waals surface area contributed by atoms with Gasteiger partial charge < -0.3 is 0 Å². The molecule has 0 aromatic carbocycles. The van der Waals surface area contributed by atoms with Gasteiger partial charge in [-0.05, 0) is 0 Å². The van der Waals surface area contributed by atoms with Gasteiger partial charge in [-0.1, -0.05) is 0 Å². The van der Waals surface area contributed by atoms with Crippen LogP contribution in [0.3, 0.4) is 0 Å².